The Hall–Kier alpha value is -1.36. The molecule has 0 aromatic carbocycles. The number of methoxy groups -OCH3 is 1. The Bertz CT molecular complexity index is 266. The van der Waals surface area contributed by atoms with Gasteiger partial charge in [0.15, 0.2) is 0 Å². The first-order valence-electron chi connectivity index (χ1n) is 4.05. The highest BCUT2D eigenvalue weighted by Crippen LogP contribution is 2.06. The molecule has 5 heteroatoms. The van der Waals surface area contributed by atoms with Crippen LogP contribution in [0.15, 0.2) is 12.4 Å². The van der Waals surface area contributed by atoms with Crippen LogP contribution >= 0.6 is 0 Å². The van der Waals surface area contributed by atoms with Crippen molar-refractivity contribution in [2.45, 2.75) is 13.0 Å². The Kier molecular flexibility index (Phi) is 3.45. The number of hydrogen-bond donors (Lipinski definition) is 2. The number of aromatic nitrogens is 2. The summed E-state index contributed by atoms with van der Waals surface area (Å²) in [5.74, 6) is 1.18. The average Bonchev–Trinajstić information content (AvgIpc) is 2.04. The van der Waals surface area contributed by atoms with Crippen LogP contribution in [-0.2, 0) is 4.74 Å². The number of rotatable bonds is 4. The highest BCUT2D eigenvalue weighted by Gasteiger charge is 2.01. The minimum atomic E-state index is 0.208. The van der Waals surface area contributed by atoms with Gasteiger partial charge in [-0.15, -0.1) is 0 Å². The largest absolute Gasteiger partial charge is 0.384 e. The molecule has 1 heterocycles. The van der Waals surface area contributed by atoms with Gasteiger partial charge in [0.05, 0.1) is 6.61 Å². The van der Waals surface area contributed by atoms with Gasteiger partial charge in [0.1, 0.15) is 18.0 Å². The second-order valence-electron chi connectivity index (χ2n) is 2.83. The molecule has 0 saturated heterocycles. The highest BCUT2D eigenvalue weighted by atomic mass is 16.5. The smallest absolute Gasteiger partial charge is 0.131 e. The lowest BCUT2D eigenvalue weighted by molar-refractivity contribution is 0.190. The topological polar surface area (TPSA) is 73.1 Å². The molecule has 0 amide bonds. The molecule has 0 unspecified atom stereocenters. The van der Waals surface area contributed by atoms with E-state index in [-0.39, 0.29) is 6.04 Å². The Morgan fingerprint density at radius 1 is 1.62 bits per heavy atom. The number of hydrogen-bond acceptors (Lipinski definition) is 5. The van der Waals surface area contributed by atoms with Crippen molar-refractivity contribution >= 4 is 11.6 Å². The molecule has 72 valence electrons. The molecule has 0 saturated carbocycles. The van der Waals surface area contributed by atoms with E-state index < -0.39 is 0 Å². The van der Waals surface area contributed by atoms with Crippen LogP contribution < -0.4 is 11.1 Å². The van der Waals surface area contributed by atoms with Crippen molar-refractivity contribution in [2.75, 3.05) is 24.8 Å². The normalized spacial score (nSPS) is 12.5. The number of nitrogens with two attached hydrogens (primary N) is 1. The maximum Gasteiger partial charge on any atom is 0.131 e. The van der Waals surface area contributed by atoms with Crippen LogP contribution in [0.25, 0.3) is 0 Å². The predicted molar refractivity (Wildman–Crippen MR) is 51.4 cm³/mol. The molecule has 3 N–H and O–H groups in total. The molecule has 1 aromatic heterocycles. The van der Waals surface area contributed by atoms with Crippen molar-refractivity contribution in [1.82, 2.24) is 9.97 Å². The van der Waals surface area contributed by atoms with Crippen LogP contribution in [0.1, 0.15) is 6.92 Å². The third-order valence-corrected chi connectivity index (χ3v) is 1.50. The number of nitrogens with zero attached hydrogens (tertiary/aromatic N) is 2. The van der Waals surface area contributed by atoms with Gasteiger partial charge in [-0.1, -0.05) is 0 Å². The van der Waals surface area contributed by atoms with Crippen molar-refractivity contribution in [3.63, 3.8) is 0 Å². The van der Waals surface area contributed by atoms with E-state index >= 15 is 0 Å². The SMILES string of the molecule is COC[C@@H](C)Nc1cc(N)ncn1. The maximum atomic E-state index is 5.49. The van der Waals surface area contributed by atoms with Gasteiger partial charge in [0, 0.05) is 19.2 Å². The van der Waals surface area contributed by atoms with Crippen LogP contribution in [0.2, 0.25) is 0 Å². The number of ether oxygens (including phenoxy) is 1. The fourth-order valence-corrected chi connectivity index (χ4v) is 0.995. The molecular formula is C8H14N4O. The van der Waals surface area contributed by atoms with Gasteiger partial charge >= 0.3 is 0 Å². The first-order valence-corrected chi connectivity index (χ1v) is 4.05. The molecule has 0 spiro atoms. The molecule has 0 aliphatic rings. The lowest BCUT2D eigenvalue weighted by Crippen LogP contribution is -2.21. The average molecular weight is 182 g/mol. The summed E-state index contributed by atoms with van der Waals surface area (Å²) in [5.41, 5.74) is 5.49. The van der Waals surface area contributed by atoms with Gasteiger partial charge in [0.25, 0.3) is 0 Å². The summed E-state index contributed by atoms with van der Waals surface area (Å²) in [5, 5.41) is 3.13. The quantitative estimate of drug-likeness (QED) is 0.709. The van der Waals surface area contributed by atoms with E-state index in [4.69, 9.17) is 10.5 Å². The molecule has 5 nitrogen and oxygen atoms in total. The minimum absolute atomic E-state index is 0.208. The summed E-state index contributed by atoms with van der Waals surface area (Å²) in [4.78, 5) is 7.79. The van der Waals surface area contributed by atoms with E-state index in [1.165, 1.54) is 6.33 Å². The molecule has 0 radical (unpaired) electrons. The monoisotopic (exact) mass is 182 g/mol. The molecule has 1 rings (SSSR count). The first kappa shape index (κ1) is 9.73. The zero-order valence-electron chi connectivity index (χ0n) is 7.82. The van der Waals surface area contributed by atoms with Gasteiger partial charge in [-0.3, -0.25) is 0 Å². The van der Waals surface area contributed by atoms with Crippen LogP contribution in [0.5, 0.6) is 0 Å². The summed E-state index contributed by atoms with van der Waals surface area (Å²) in [6.07, 6.45) is 1.43. The van der Waals surface area contributed by atoms with Crippen LogP contribution in [0.3, 0.4) is 0 Å². The Morgan fingerprint density at radius 3 is 3.00 bits per heavy atom. The molecule has 0 bridgehead atoms. The van der Waals surface area contributed by atoms with Crippen LogP contribution in [-0.4, -0.2) is 29.7 Å². The van der Waals surface area contributed by atoms with E-state index in [1.807, 2.05) is 6.92 Å². The van der Waals surface area contributed by atoms with Crippen molar-refractivity contribution < 1.29 is 4.74 Å². The number of anilines is 2. The fraction of sp³-hybridized carbons (Fsp3) is 0.500. The van der Waals surface area contributed by atoms with Gasteiger partial charge in [-0.25, -0.2) is 9.97 Å². The molecule has 13 heavy (non-hydrogen) atoms. The molecule has 0 aliphatic carbocycles. The zero-order valence-corrected chi connectivity index (χ0v) is 7.82. The predicted octanol–water partition coefficient (Wildman–Crippen LogP) is 0.506. The second-order valence-corrected chi connectivity index (χ2v) is 2.83. The lowest BCUT2D eigenvalue weighted by Gasteiger charge is -2.12. The van der Waals surface area contributed by atoms with Crippen molar-refractivity contribution in [2.24, 2.45) is 0 Å². The van der Waals surface area contributed by atoms with Crippen molar-refractivity contribution in [1.29, 1.82) is 0 Å². The first-order chi connectivity index (χ1) is 6.22. The third kappa shape index (κ3) is 3.25. The van der Waals surface area contributed by atoms with Gasteiger partial charge < -0.3 is 15.8 Å². The van der Waals surface area contributed by atoms with Crippen molar-refractivity contribution in [3.05, 3.63) is 12.4 Å². The van der Waals surface area contributed by atoms with Crippen LogP contribution in [0, 0.1) is 0 Å². The standard InChI is InChI=1S/C8H14N4O/c1-6(4-13-2)12-8-3-7(9)10-5-11-8/h3,5-6H,4H2,1-2H3,(H3,9,10,11,12)/t6-/m1/s1. The summed E-state index contributed by atoms with van der Waals surface area (Å²) >= 11 is 0. The van der Waals surface area contributed by atoms with E-state index in [0.29, 0.717) is 12.4 Å². The summed E-state index contributed by atoms with van der Waals surface area (Å²) < 4.78 is 4.97. The zero-order chi connectivity index (χ0) is 9.68. The molecule has 0 aliphatic heterocycles. The molecule has 1 atom stereocenters. The number of nitrogen functional groups attached to an aromatic ring is 1. The number of nitrogens with one attached hydrogen (secondary N) is 1. The maximum absolute atomic E-state index is 5.49. The van der Waals surface area contributed by atoms with Crippen molar-refractivity contribution in [3.8, 4) is 0 Å². The fourth-order valence-electron chi connectivity index (χ4n) is 0.995. The molecule has 0 fully saturated rings. The molecule has 1 aromatic rings. The third-order valence-electron chi connectivity index (χ3n) is 1.50. The van der Waals surface area contributed by atoms with E-state index in [0.717, 1.165) is 5.82 Å². The minimum Gasteiger partial charge on any atom is -0.384 e. The Morgan fingerprint density at radius 2 is 2.38 bits per heavy atom. The van der Waals surface area contributed by atoms with Gasteiger partial charge in [-0.05, 0) is 6.92 Å². The van der Waals surface area contributed by atoms with E-state index in [1.54, 1.807) is 13.2 Å². The highest BCUT2D eigenvalue weighted by molar-refractivity contribution is 5.43. The Balaban J connectivity index is 2.53. The lowest BCUT2D eigenvalue weighted by atomic mass is 10.3. The Labute approximate surface area is 77.3 Å². The summed E-state index contributed by atoms with van der Waals surface area (Å²) in [7, 11) is 1.66. The van der Waals surface area contributed by atoms with Gasteiger partial charge in [0.2, 0.25) is 0 Å². The second kappa shape index (κ2) is 4.61. The summed E-state index contributed by atoms with van der Waals surface area (Å²) in [6, 6.07) is 1.89. The summed E-state index contributed by atoms with van der Waals surface area (Å²) in [6.45, 7) is 2.63. The van der Waals surface area contributed by atoms with E-state index in [9.17, 15) is 0 Å². The van der Waals surface area contributed by atoms with Crippen LogP contribution in [0.4, 0.5) is 11.6 Å². The molecular weight excluding hydrogens is 168 g/mol. The van der Waals surface area contributed by atoms with Gasteiger partial charge in [-0.2, -0.15) is 0 Å². The van der Waals surface area contributed by atoms with E-state index in [2.05, 4.69) is 15.3 Å².